The second-order valence-electron chi connectivity index (χ2n) is 9.13. The quantitative estimate of drug-likeness (QED) is 0.322. The Morgan fingerprint density at radius 3 is 2.29 bits per heavy atom. The van der Waals surface area contributed by atoms with Crippen molar-refractivity contribution in [1.29, 1.82) is 0 Å². The maximum Gasteiger partial charge on any atom is 0.314 e. The minimum atomic E-state index is -0.143. The average molecular weight is 401 g/mol. The molecule has 0 saturated carbocycles. The van der Waals surface area contributed by atoms with E-state index in [0.29, 0.717) is 11.0 Å². The van der Waals surface area contributed by atoms with Gasteiger partial charge in [0.05, 0.1) is 5.92 Å². The summed E-state index contributed by atoms with van der Waals surface area (Å²) >= 11 is 1.97. The van der Waals surface area contributed by atoms with Gasteiger partial charge in [-0.3, -0.25) is 4.79 Å². The summed E-state index contributed by atoms with van der Waals surface area (Å²) in [5, 5.41) is 2.82. The summed E-state index contributed by atoms with van der Waals surface area (Å²) in [5.41, 5.74) is -0.110. The Bertz CT molecular complexity index is 794. The number of esters is 1. The number of benzene rings is 2. The van der Waals surface area contributed by atoms with Gasteiger partial charge in [-0.25, -0.2) is 0 Å². The number of carbonyl (C=O) groups is 1. The third-order valence-electron chi connectivity index (χ3n) is 5.87. The molecule has 0 saturated heterocycles. The van der Waals surface area contributed by atoms with E-state index < -0.39 is 0 Å². The normalized spacial score (nSPS) is 14.7. The molecule has 0 aliphatic heterocycles. The lowest BCUT2D eigenvalue weighted by Gasteiger charge is -2.38. The predicted molar refractivity (Wildman–Crippen MR) is 123 cm³/mol. The minimum absolute atomic E-state index is 0.0228. The van der Waals surface area contributed by atoms with Crippen molar-refractivity contribution in [2.75, 3.05) is 0 Å². The van der Waals surface area contributed by atoms with Crippen LogP contribution in [0.5, 0.6) is 5.75 Å². The van der Waals surface area contributed by atoms with E-state index in [0.717, 1.165) is 30.0 Å². The van der Waals surface area contributed by atoms with E-state index in [1.807, 2.05) is 48.2 Å². The van der Waals surface area contributed by atoms with Gasteiger partial charge in [-0.15, -0.1) is 0 Å². The molecule has 2 nitrogen and oxygen atoms in total. The van der Waals surface area contributed by atoms with Gasteiger partial charge in [0.2, 0.25) is 0 Å². The van der Waals surface area contributed by atoms with Crippen molar-refractivity contribution in [2.45, 2.75) is 77.7 Å². The van der Waals surface area contributed by atoms with Crippen LogP contribution in [0.4, 0.5) is 0 Å². The molecule has 2 aromatic carbocycles. The van der Waals surface area contributed by atoms with Gasteiger partial charge in [0.15, 0.2) is 0 Å². The number of rotatable bonds is 9. The summed E-state index contributed by atoms with van der Waals surface area (Å²) < 4.78 is 5.92. The molecule has 0 fully saturated rings. The van der Waals surface area contributed by atoms with Gasteiger partial charge in [0.25, 0.3) is 0 Å². The Morgan fingerprint density at radius 2 is 1.68 bits per heavy atom. The molecule has 3 heteroatoms. The molecule has 2 rings (SSSR count). The number of fused-ring (bicyclic) bond motifs is 1. The Labute approximate surface area is 175 Å². The first-order chi connectivity index (χ1) is 13.1. The van der Waals surface area contributed by atoms with E-state index in [1.165, 1.54) is 0 Å². The monoisotopic (exact) mass is 400 g/mol. The van der Waals surface area contributed by atoms with Crippen LogP contribution in [0.3, 0.4) is 0 Å². The summed E-state index contributed by atoms with van der Waals surface area (Å²) in [7, 11) is 0. The van der Waals surface area contributed by atoms with Gasteiger partial charge >= 0.3 is 5.97 Å². The van der Waals surface area contributed by atoms with E-state index in [-0.39, 0.29) is 22.0 Å². The highest BCUT2D eigenvalue weighted by Crippen LogP contribution is 2.43. The predicted octanol–water partition coefficient (Wildman–Crippen LogP) is 7.50. The van der Waals surface area contributed by atoms with E-state index >= 15 is 0 Å². The standard InChI is InChI=1S/C25H36O2S/c1-8-18(3)28-25(6,7)17-22(24(4,5)9-2)23(26)27-21-15-14-19-12-10-11-13-20(19)16-21/h10-16,18,22H,8-9,17H2,1-7H3. The van der Waals surface area contributed by atoms with Crippen LogP contribution in [0.2, 0.25) is 0 Å². The van der Waals surface area contributed by atoms with Crippen LogP contribution in [0, 0.1) is 11.3 Å². The lowest BCUT2D eigenvalue weighted by Crippen LogP contribution is -2.38. The maximum absolute atomic E-state index is 13.3. The number of hydrogen-bond donors (Lipinski definition) is 0. The highest BCUT2D eigenvalue weighted by molar-refractivity contribution is 8.01. The molecule has 0 heterocycles. The highest BCUT2D eigenvalue weighted by atomic mass is 32.2. The largest absolute Gasteiger partial charge is 0.426 e. The van der Waals surface area contributed by atoms with Gasteiger partial charge in [-0.2, -0.15) is 11.8 Å². The molecular weight excluding hydrogens is 364 g/mol. The van der Waals surface area contributed by atoms with Gasteiger partial charge in [0.1, 0.15) is 5.75 Å². The lowest BCUT2D eigenvalue weighted by atomic mass is 9.73. The van der Waals surface area contributed by atoms with Crippen molar-refractivity contribution in [2.24, 2.45) is 11.3 Å². The van der Waals surface area contributed by atoms with Crippen molar-refractivity contribution in [3.05, 3.63) is 42.5 Å². The number of carbonyl (C=O) groups excluding carboxylic acids is 1. The van der Waals surface area contributed by atoms with Crippen LogP contribution in [0.15, 0.2) is 42.5 Å². The summed E-state index contributed by atoms with van der Waals surface area (Å²) in [6, 6.07) is 14.0. The van der Waals surface area contributed by atoms with E-state index in [9.17, 15) is 4.79 Å². The van der Waals surface area contributed by atoms with E-state index in [2.05, 4.69) is 54.5 Å². The van der Waals surface area contributed by atoms with Crippen LogP contribution < -0.4 is 4.74 Å². The fourth-order valence-electron chi connectivity index (χ4n) is 3.51. The zero-order valence-electron chi connectivity index (χ0n) is 18.5. The van der Waals surface area contributed by atoms with Crippen LogP contribution in [0.25, 0.3) is 10.8 Å². The molecule has 2 atom stereocenters. The summed E-state index contributed by atoms with van der Waals surface area (Å²) in [6.07, 6.45) is 2.89. The third kappa shape index (κ3) is 6.01. The first kappa shape index (κ1) is 22.8. The van der Waals surface area contributed by atoms with Crippen molar-refractivity contribution in [1.82, 2.24) is 0 Å². The number of thioether (sulfide) groups is 1. The molecule has 0 aliphatic carbocycles. The van der Waals surface area contributed by atoms with Crippen LogP contribution in [-0.4, -0.2) is 16.0 Å². The molecule has 0 amide bonds. The van der Waals surface area contributed by atoms with Crippen LogP contribution in [0.1, 0.15) is 67.7 Å². The average Bonchev–Trinajstić information content (AvgIpc) is 2.65. The Morgan fingerprint density at radius 1 is 1.04 bits per heavy atom. The van der Waals surface area contributed by atoms with Crippen LogP contribution >= 0.6 is 11.8 Å². The Kier molecular flexibility index (Phi) is 7.61. The second kappa shape index (κ2) is 9.35. The fraction of sp³-hybridized carbons (Fsp3) is 0.560. The molecule has 154 valence electrons. The molecule has 0 aromatic heterocycles. The lowest BCUT2D eigenvalue weighted by molar-refractivity contribution is -0.143. The van der Waals surface area contributed by atoms with Gasteiger partial charge in [0, 0.05) is 10.00 Å². The molecule has 0 bridgehead atoms. The maximum atomic E-state index is 13.3. The zero-order chi connectivity index (χ0) is 20.9. The van der Waals surface area contributed by atoms with Crippen molar-refractivity contribution >= 4 is 28.5 Å². The SMILES string of the molecule is CCC(C)SC(C)(C)CC(C(=O)Oc1ccc2ccccc2c1)C(C)(C)CC. The highest BCUT2D eigenvalue weighted by Gasteiger charge is 2.40. The zero-order valence-corrected chi connectivity index (χ0v) is 19.4. The topological polar surface area (TPSA) is 26.3 Å². The van der Waals surface area contributed by atoms with Gasteiger partial charge < -0.3 is 4.74 Å². The Balaban J connectivity index is 2.23. The molecule has 28 heavy (non-hydrogen) atoms. The Hall–Kier alpha value is -1.48. The van der Waals surface area contributed by atoms with E-state index in [4.69, 9.17) is 4.74 Å². The van der Waals surface area contributed by atoms with Crippen molar-refractivity contribution < 1.29 is 9.53 Å². The van der Waals surface area contributed by atoms with Gasteiger partial charge in [-0.1, -0.05) is 85.2 Å². The summed E-state index contributed by atoms with van der Waals surface area (Å²) in [4.78, 5) is 13.3. The smallest absolute Gasteiger partial charge is 0.314 e. The van der Waals surface area contributed by atoms with Crippen LogP contribution in [-0.2, 0) is 4.79 Å². The molecule has 0 spiro atoms. The molecule has 2 unspecified atom stereocenters. The first-order valence-corrected chi connectivity index (χ1v) is 11.3. The second-order valence-corrected chi connectivity index (χ2v) is 11.3. The number of hydrogen-bond acceptors (Lipinski definition) is 3. The minimum Gasteiger partial charge on any atom is -0.426 e. The first-order valence-electron chi connectivity index (χ1n) is 10.5. The molecule has 0 N–H and O–H groups in total. The molecule has 2 aromatic rings. The molecule has 0 radical (unpaired) electrons. The van der Waals surface area contributed by atoms with Crippen molar-refractivity contribution in [3.8, 4) is 5.75 Å². The summed E-state index contributed by atoms with van der Waals surface area (Å²) in [6.45, 7) is 15.5. The third-order valence-corrected chi connectivity index (χ3v) is 7.41. The fourth-order valence-corrected chi connectivity index (χ4v) is 5.03. The van der Waals surface area contributed by atoms with Crippen molar-refractivity contribution in [3.63, 3.8) is 0 Å². The van der Waals surface area contributed by atoms with E-state index in [1.54, 1.807) is 0 Å². The molecule has 0 aliphatic rings. The van der Waals surface area contributed by atoms with Gasteiger partial charge in [-0.05, 0) is 41.2 Å². The molecular formula is C25H36O2S. The summed E-state index contributed by atoms with van der Waals surface area (Å²) in [5.74, 6) is 0.378. The number of ether oxygens (including phenoxy) is 1.